The molecule has 0 unspecified atom stereocenters. The van der Waals surface area contributed by atoms with Crippen molar-refractivity contribution in [3.05, 3.63) is 59.7 Å². The Hall–Kier alpha value is -3.19. The Morgan fingerprint density at radius 2 is 1.91 bits per heavy atom. The van der Waals surface area contributed by atoms with Crippen molar-refractivity contribution in [2.75, 3.05) is 13.2 Å². The summed E-state index contributed by atoms with van der Waals surface area (Å²) >= 11 is 0. The molecule has 34 heavy (non-hydrogen) atoms. The van der Waals surface area contributed by atoms with Crippen molar-refractivity contribution >= 4 is 27.8 Å². The maximum atomic E-state index is 13.9. The molecule has 3 saturated carbocycles. The summed E-state index contributed by atoms with van der Waals surface area (Å²) in [6, 6.07) is 11.0. The first-order chi connectivity index (χ1) is 16.5. The highest BCUT2D eigenvalue weighted by Crippen LogP contribution is 2.66. The number of halogens is 1. The number of carbonyl (C=O) groups is 1. The summed E-state index contributed by atoms with van der Waals surface area (Å²) in [4.78, 5) is 12.1. The van der Waals surface area contributed by atoms with E-state index in [0.717, 1.165) is 53.2 Å². The molecule has 1 atom stereocenters. The van der Waals surface area contributed by atoms with E-state index in [2.05, 4.69) is 26.9 Å². The van der Waals surface area contributed by atoms with Crippen LogP contribution in [0.5, 0.6) is 0 Å². The molecule has 3 heterocycles. The number of aromatic nitrogens is 3. The number of carboxylic acids is 1. The summed E-state index contributed by atoms with van der Waals surface area (Å²) in [5.41, 5.74) is 4.94. The van der Waals surface area contributed by atoms with Gasteiger partial charge in [0.1, 0.15) is 5.82 Å². The molecule has 6 nitrogen and oxygen atoms in total. The highest BCUT2D eigenvalue weighted by Gasteiger charge is 2.61. The smallest absolute Gasteiger partial charge is 0.309 e. The molecule has 3 aliphatic carbocycles. The molecule has 2 aromatic heterocycles. The minimum Gasteiger partial charge on any atom is -0.481 e. The molecule has 4 aliphatic rings. The molecular formula is C27H26FN3O3. The number of hydrogen-bond donors (Lipinski definition) is 2. The Morgan fingerprint density at radius 3 is 2.62 bits per heavy atom. The molecule has 174 valence electrons. The van der Waals surface area contributed by atoms with Gasteiger partial charge in [-0.05, 0) is 85.9 Å². The number of aliphatic carboxylic acids is 1. The SMILES string of the molecule is O=C(O)C12CC(C1)[C@@H](c1c(C3CCOCC3)n(-c3ccc(F)cc3)c3cc4cn[nH]c4cc13)C2. The number of carboxylic acid groups (broad SMARTS) is 1. The zero-order chi connectivity index (χ0) is 23.0. The molecule has 1 aliphatic heterocycles. The third kappa shape index (κ3) is 2.76. The standard InChI is InChI=1S/C27H26FN3O3/c28-18-1-3-19(4-2-18)31-23-9-16-14-29-30-22(16)10-20(23)24(25(31)15-5-7-34-8-6-15)21-13-27(26(32)33)11-17(21)12-27/h1-4,9-10,14-15,17,21H,5-8,11-13H2,(H,29,30)(H,32,33)/t17?,21-,27?/m0/s1. The predicted octanol–water partition coefficient (Wildman–Crippen LogP) is 5.51. The Labute approximate surface area is 195 Å². The summed E-state index contributed by atoms with van der Waals surface area (Å²) in [5.74, 6) is -0.0171. The van der Waals surface area contributed by atoms with E-state index >= 15 is 0 Å². The van der Waals surface area contributed by atoms with E-state index in [9.17, 15) is 14.3 Å². The van der Waals surface area contributed by atoms with Gasteiger partial charge in [-0.15, -0.1) is 0 Å². The second kappa shape index (κ2) is 7.15. The lowest BCUT2D eigenvalue weighted by Crippen LogP contribution is -2.36. The van der Waals surface area contributed by atoms with E-state index in [0.29, 0.717) is 31.5 Å². The van der Waals surface area contributed by atoms with Crippen molar-refractivity contribution in [2.24, 2.45) is 11.3 Å². The largest absolute Gasteiger partial charge is 0.481 e. The fraction of sp³-hybridized carbons (Fsp3) is 0.407. The fourth-order valence-corrected chi connectivity index (χ4v) is 6.98. The molecule has 4 aromatic rings. The van der Waals surface area contributed by atoms with Crippen LogP contribution in [0.1, 0.15) is 55.2 Å². The zero-order valence-electron chi connectivity index (χ0n) is 18.8. The third-order valence-electron chi connectivity index (χ3n) is 8.61. The van der Waals surface area contributed by atoms with Crippen LogP contribution in [0.2, 0.25) is 0 Å². The number of benzene rings is 2. The van der Waals surface area contributed by atoms with Gasteiger partial charge in [0.15, 0.2) is 0 Å². The van der Waals surface area contributed by atoms with Gasteiger partial charge in [0, 0.05) is 41.3 Å². The predicted molar refractivity (Wildman–Crippen MR) is 126 cm³/mol. The van der Waals surface area contributed by atoms with Crippen molar-refractivity contribution in [2.45, 2.75) is 43.9 Å². The summed E-state index contributed by atoms with van der Waals surface area (Å²) in [6.45, 7) is 1.43. The second-order valence-electron chi connectivity index (χ2n) is 10.4. The Bertz CT molecular complexity index is 1430. The zero-order valence-corrected chi connectivity index (χ0v) is 18.8. The maximum Gasteiger partial charge on any atom is 0.309 e. The molecule has 2 bridgehead atoms. The molecule has 0 radical (unpaired) electrons. The van der Waals surface area contributed by atoms with Gasteiger partial charge in [-0.3, -0.25) is 9.89 Å². The lowest BCUT2D eigenvalue weighted by Gasteiger charge is -2.34. The summed E-state index contributed by atoms with van der Waals surface area (Å²) < 4.78 is 21.9. The van der Waals surface area contributed by atoms with Crippen LogP contribution in [0.15, 0.2) is 42.6 Å². The fourth-order valence-electron chi connectivity index (χ4n) is 6.98. The normalized spacial score (nSPS) is 26.9. The van der Waals surface area contributed by atoms with E-state index in [4.69, 9.17) is 4.74 Å². The molecule has 0 spiro atoms. The van der Waals surface area contributed by atoms with Gasteiger partial charge in [0.2, 0.25) is 0 Å². The molecular weight excluding hydrogens is 433 g/mol. The highest BCUT2D eigenvalue weighted by molar-refractivity contribution is 5.99. The summed E-state index contributed by atoms with van der Waals surface area (Å²) in [5, 5.41) is 19.5. The molecule has 1 saturated heterocycles. The van der Waals surface area contributed by atoms with Crippen LogP contribution < -0.4 is 0 Å². The number of ether oxygens (including phenoxy) is 1. The molecule has 8 rings (SSSR count). The minimum absolute atomic E-state index is 0.207. The molecule has 0 amide bonds. The van der Waals surface area contributed by atoms with E-state index in [1.54, 1.807) is 0 Å². The summed E-state index contributed by atoms with van der Waals surface area (Å²) in [6.07, 6.45) is 5.88. The number of rotatable bonds is 4. The van der Waals surface area contributed by atoms with Crippen LogP contribution in [0.3, 0.4) is 0 Å². The molecule has 2 aromatic carbocycles. The molecule has 2 N–H and O–H groups in total. The van der Waals surface area contributed by atoms with Gasteiger partial charge in [0.05, 0.1) is 22.6 Å². The van der Waals surface area contributed by atoms with Gasteiger partial charge in [0.25, 0.3) is 0 Å². The third-order valence-corrected chi connectivity index (χ3v) is 8.61. The van der Waals surface area contributed by atoms with E-state index < -0.39 is 11.4 Å². The number of H-pyrrole nitrogens is 1. The Morgan fingerprint density at radius 1 is 1.15 bits per heavy atom. The lowest BCUT2D eigenvalue weighted by atomic mass is 9.69. The van der Waals surface area contributed by atoms with Crippen LogP contribution in [-0.4, -0.2) is 39.1 Å². The first-order valence-electron chi connectivity index (χ1n) is 12.1. The van der Waals surface area contributed by atoms with Crippen LogP contribution in [0.4, 0.5) is 4.39 Å². The average molecular weight is 460 g/mol. The first kappa shape index (κ1) is 20.2. The van der Waals surface area contributed by atoms with Crippen molar-refractivity contribution in [3.63, 3.8) is 0 Å². The second-order valence-corrected chi connectivity index (χ2v) is 10.4. The number of nitrogens with zero attached hydrogens (tertiary/aromatic N) is 2. The number of aromatic amines is 1. The Balaban J connectivity index is 1.53. The number of nitrogens with one attached hydrogen (secondary N) is 1. The van der Waals surface area contributed by atoms with E-state index in [-0.39, 0.29) is 11.7 Å². The maximum absolute atomic E-state index is 13.9. The van der Waals surface area contributed by atoms with Crippen LogP contribution in [0.25, 0.3) is 27.5 Å². The Kier molecular flexibility index (Phi) is 4.25. The lowest BCUT2D eigenvalue weighted by molar-refractivity contribution is -0.153. The molecule has 4 fully saturated rings. The monoisotopic (exact) mass is 459 g/mol. The van der Waals surface area contributed by atoms with E-state index in [1.807, 2.05) is 18.3 Å². The van der Waals surface area contributed by atoms with Crippen molar-refractivity contribution < 1.29 is 19.0 Å². The van der Waals surface area contributed by atoms with Gasteiger partial charge < -0.3 is 14.4 Å². The van der Waals surface area contributed by atoms with Crippen LogP contribution in [-0.2, 0) is 9.53 Å². The van der Waals surface area contributed by atoms with Crippen molar-refractivity contribution in [1.29, 1.82) is 0 Å². The minimum atomic E-state index is -0.655. The first-order valence-corrected chi connectivity index (χ1v) is 12.1. The van der Waals surface area contributed by atoms with Crippen molar-refractivity contribution in [3.8, 4) is 5.69 Å². The van der Waals surface area contributed by atoms with Gasteiger partial charge >= 0.3 is 5.97 Å². The van der Waals surface area contributed by atoms with E-state index in [1.165, 1.54) is 23.4 Å². The highest BCUT2D eigenvalue weighted by atomic mass is 19.1. The molecule has 7 heteroatoms. The van der Waals surface area contributed by atoms with Crippen LogP contribution >= 0.6 is 0 Å². The van der Waals surface area contributed by atoms with Crippen molar-refractivity contribution in [1.82, 2.24) is 14.8 Å². The quantitative estimate of drug-likeness (QED) is 0.422. The topological polar surface area (TPSA) is 80.1 Å². The van der Waals surface area contributed by atoms with Gasteiger partial charge in [-0.2, -0.15) is 5.10 Å². The van der Waals surface area contributed by atoms with Gasteiger partial charge in [-0.1, -0.05) is 0 Å². The van der Waals surface area contributed by atoms with Crippen LogP contribution in [0, 0.1) is 17.2 Å². The summed E-state index contributed by atoms with van der Waals surface area (Å²) in [7, 11) is 0. The average Bonchev–Trinajstić information content (AvgIpc) is 3.58. The number of fused-ring (bicyclic) bond motifs is 3. The number of hydrogen-bond acceptors (Lipinski definition) is 3. The van der Waals surface area contributed by atoms with Gasteiger partial charge in [-0.25, -0.2) is 4.39 Å².